The molecule has 0 aliphatic carbocycles. The summed E-state index contributed by atoms with van der Waals surface area (Å²) in [5, 5.41) is 4.02. The lowest BCUT2D eigenvalue weighted by Gasteiger charge is -2.12. The van der Waals surface area contributed by atoms with Crippen molar-refractivity contribution < 1.29 is 4.79 Å². The third-order valence-corrected chi connectivity index (χ3v) is 3.33. The number of benzene rings is 2. The molecule has 0 aliphatic heterocycles. The zero-order chi connectivity index (χ0) is 14.5. The Morgan fingerprint density at radius 3 is 2.60 bits per heavy atom. The number of hydrogen-bond acceptors (Lipinski definition) is 2. The van der Waals surface area contributed by atoms with Crippen molar-refractivity contribution in [3.63, 3.8) is 0 Å². The normalized spacial score (nSPS) is 10.2. The van der Waals surface area contributed by atoms with Crippen LogP contribution in [0.1, 0.15) is 15.9 Å². The van der Waals surface area contributed by atoms with Crippen molar-refractivity contribution >= 4 is 23.2 Å². The summed E-state index contributed by atoms with van der Waals surface area (Å²) in [5.74, 6) is -0.00797. The minimum Gasteiger partial charge on any atom is -0.381 e. The van der Waals surface area contributed by atoms with Gasteiger partial charge in [-0.15, -0.1) is 0 Å². The number of hydrogen-bond donors (Lipinski definition) is 1. The Bertz CT molecular complexity index is 611. The Labute approximate surface area is 124 Å². The summed E-state index contributed by atoms with van der Waals surface area (Å²) in [5.41, 5.74) is 2.59. The van der Waals surface area contributed by atoms with Crippen LogP contribution >= 0.6 is 11.6 Å². The number of nitrogens with zero attached hydrogens (tertiary/aromatic N) is 1. The molecular formula is C16H17ClN2O. The van der Waals surface area contributed by atoms with Gasteiger partial charge >= 0.3 is 0 Å². The van der Waals surface area contributed by atoms with E-state index in [1.54, 1.807) is 19.0 Å². The zero-order valence-corrected chi connectivity index (χ0v) is 12.3. The van der Waals surface area contributed by atoms with Crippen LogP contribution in [-0.4, -0.2) is 24.9 Å². The average molecular weight is 289 g/mol. The van der Waals surface area contributed by atoms with Gasteiger partial charge < -0.3 is 10.2 Å². The fourth-order valence-corrected chi connectivity index (χ4v) is 2.06. The van der Waals surface area contributed by atoms with E-state index in [4.69, 9.17) is 11.6 Å². The predicted octanol–water partition coefficient (Wildman–Crippen LogP) is 3.65. The molecule has 0 heterocycles. The van der Waals surface area contributed by atoms with E-state index in [1.165, 1.54) is 0 Å². The highest BCUT2D eigenvalue weighted by atomic mass is 35.5. The first-order valence-corrected chi connectivity index (χ1v) is 6.74. The first kappa shape index (κ1) is 14.4. The molecule has 0 saturated heterocycles. The lowest BCUT2D eigenvalue weighted by atomic mass is 10.1. The smallest absolute Gasteiger partial charge is 0.253 e. The molecule has 1 N–H and O–H groups in total. The van der Waals surface area contributed by atoms with Crippen LogP contribution in [0.4, 0.5) is 5.69 Å². The zero-order valence-electron chi connectivity index (χ0n) is 11.6. The van der Waals surface area contributed by atoms with Gasteiger partial charge in [-0.1, -0.05) is 35.9 Å². The van der Waals surface area contributed by atoms with Crippen LogP contribution in [0.25, 0.3) is 0 Å². The van der Waals surface area contributed by atoms with Crippen molar-refractivity contribution in [1.29, 1.82) is 0 Å². The average Bonchev–Trinajstić information content (AvgIpc) is 2.46. The summed E-state index contributed by atoms with van der Waals surface area (Å²) in [6.07, 6.45) is 0. The van der Waals surface area contributed by atoms with Gasteiger partial charge in [0.15, 0.2) is 0 Å². The number of carbonyl (C=O) groups excluding carboxylic acids is 1. The SMILES string of the molecule is CN(C)C(=O)c1cccc(NCc2ccccc2Cl)c1. The number of amides is 1. The molecule has 0 unspecified atom stereocenters. The van der Waals surface area contributed by atoms with Crippen LogP contribution in [0.5, 0.6) is 0 Å². The molecule has 2 rings (SSSR count). The van der Waals surface area contributed by atoms with E-state index in [2.05, 4.69) is 5.32 Å². The molecule has 0 fully saturated rings. The monoisotopic (exact) mass is 288 g/mol. The molecular weight excluding hydrogens is 272 g/mol. The van der Waals surface area contributed by atoms with E-state index < -0.39 is 0 Å². The van der Waals surface area contributed by atoms with E-state index in [0.29, 0.717) is 12.1 Å². The highest BCUT2D eigenvalue weighted by Crippen LogP contribution is 2.18. The molecule has 0 spiro atoms. The maximum Gasteiger partial charge on any atom is 0.253 e. The van der Waals surface area contributed by atoms with Crippen molar-refractivity contribution in [2.75, 3.05) is 19.4 Å². The molecule has 0 aliphatic rings. The second-order valence-corrected chi connectivity index (χ2v) is 5.13. The molecule has 2 aromatic carbocycles. The molecule has 2 aromatic rings. The molecule has 4 heteroatoms. The largest absolute Gasteiger partial charge is 0.381 e. The van der Waals surface area contributed by atoms with Gasteiger partial charge in [-0.3, -0.25) is 4.79 Å². The number of anilines is 1. The molecule has 0 bridgehead atoms. The third-order valence-electron chi connectivity index (χ3n) is 2.96. The van der Waals surface area contributed by atoms with Crippen LogP contribution in [-0.2, 0) is 6.54 Å². The Hall–Kier alpha value is -2.00. The van der Waals surface area contributed by atoms with Crippen molar-refractivity contribution in [2.24, 2.45) is 0 Å². The molecule has 104 valence electrons. The summed E-state index contributed by atoms with van der Waals surface area (Å²) in [4.78, 5) is 13.5. The molecule has 20 heavy (non-hydrogen) atoms. The highest BCUT2D eigenvalue weighted by Gasteiger charge is 2.08. The van der Waals surface area contributed by atoms with Crippen LogP contribution in [0, 0.1) is 0 Å². The Morgan fingerprint density at radius 2 is 1.90 bits per heavy atom. The van der Waals surface area contributed by atoms with Gasteiger partial charge in [-0.2, -0.15) is 0 Å². The fraction of sp³-hybridized carbons (Fsp3) is 0.188. The summed E-state index contributed by atoms with van der Waals surface area (Å²) in [6, 6.07) is 15.2. The molecule has 0 radical (unpaired) electrons. The maximum atomic E-state index is 11.9. The van der Waals surface area contributed by atoms with Gasteiger partial charge in [0, 0.05) is 36.9 Å². The first-order chi connectivity index (χ1) is 9.58. The van der Waals surface area contributed by atoms with Crippen LogP contribution in [0.15, 0.2) is 48.5 Å². The lowest BCUT2D eigenvalue weighted by Crippen LogP contribution is -2.21. The number of nitrogens with one attached hydrogen (secondary N) is 1. The van der Waals surface area contributed by atoms with Gasteiger partial charge in [0.25, 0.3) is 5.91 Å². The number of halogens is 1. The van der Waals surface area contributed by atoms with Crippen molar-refractivity contribution in [1.82, 2.24) is 4.90 Å². The van der Waals surface area contributed by atoms with Crippen LogP contribution in [0.2, 0.25) is 5.02 Å². The molecule has 1 amide bonds. The van der Waals surface area contributed by atoms with E-state index in [0.717, 1.165) is 16.3 Å². The van der Waals surface area contributed by atoms with Crippen molar-refractivity contribution in [3.8, 4) is 0 Å². The van der Waals surface area contributed by atoms with Gasteiger partial charge in [-0.05, 0) is 29.8 Å². The topological polar surface area (TPSA) is 32.3 Å². The quantitative estimate of drug-likeness (QED) is 0.931. The minimum atomic E-state index is -0.00797. The Balaban J connectivity index is 2.09. The van der Waals surface area contributed by atoms with Crippen LogP contribution < -0.4 is 5.32 Å². The summed E-state index contributed by atoms with van der Waals surface area (Å²) >= 11 is 6.11. The molecule has 0 atom stereocenters. The minimum absolute atomic E-state index is 0.00797. The second kappa shape index (κ2) is 6.44. The van der Waals surface area contributed by atoms with Crippen molar-refractivity contribution in [2.45, 2.75) is 6.54 Å². The van der Waals surface area contributed by atoms with E-state index in [1.807, 2.05) is 48.5 Å². The highest BCUT2D eigenvalue weighted by molar-refractivity contribution is 6.31. The van der Waals surface area contributed by atoms with Gasteiger partial charge in [0.2, 0.25) is 0 Å². The molecule has 3 nitrogen and oxygen atoms in total. The van der Waals surface area contributed by atoms with Gasteiger partial charge in [0.05, 0.1) is 0 Å². The van der Waals surface area contributed by atoms with Crippen LogP contribution in [0.3, 0.4) is 0 Å². The fourth-order valence-electron chi connectivity index (χ4n) is 1.86. The van der Waals surface area contributed by atoms with E-state index >= 15 is 0 Å². The maximum absolute atomic E-state index is 11.9. The Morgan fingerprint density at radius 1 is 1.15 bits per heavy atom. The summed E-state index contributed by atoms with van der Waals surface area (Å²) in [7, 11) is 3.48. The molecule has 0 aromatic heterocycles. The lowest BCUT2D eigenvalue weighted by molar-refractivity contribution is 0.0827. The van der Waals surface area contributed by atoms with Gasteiger partial charge in [0.1, 0.15) is 0 Å². The van der Waals surface area contributed by atoms with E-state index in [-0.39, 0.29) is 5.91 Å². The number of carbonyl (C=O) groups is 1. The number of rotatable bonds is 4. The summed E-state index contributed by atoms with van der Waals surface area (Å²) < 4.78 is 0. The molecule has 0 saturated carbocycles. The predicted molar refractivity (Wildman–Crippen MR) is 83.2 cm³/mol. The standard InChI is InChI=1S/C16H17ClN2O/c1-19(2)16(20)12-7-5-8-14(10-12)18-11-13-6-3-4-9-15(13)17/h3-10,18H,11H2,1-2H3. The first-order valence-electron chi connectivity index (χ1n) is 6.37. The second-order valence-electron chi connectivity index (χ2n) is 4.73. The van der Waals surface area contributed by atoms with Gasteiger partial charge in [-0.25, -0.2) is 0 Å². The Kier molecular flexibility index (Phi) is 4.64. The third kappa shape index (κ3) is 3.52. The van der Waals surface area contributed by atoms with E-state index in [9.17, 15) is 4.79 Å². The van der Waals surface area contributed by atoms with Crippen molar-refractivity contribution in [3.05, 3.63) is 64.7 Å². The summed E-state index contributed by atoms with van der Waals surface area (Å²) in [6.45, 7) is 0.624.